The van der Waals surface area contributed by atoms with Gasteiger partial charge in [0, 0.05) is 0 Å². The number of nitrogens with two attached hydrogens (primary N) is 1. The monoisotopic (exact) mass is 238 g/mol. The number of ether oxygens (including phenoxy) is 1. The Hall–Kier alpha value is -1.78. The molecular weight excluding hydrogens is 220 g/mol. The standard InChI is InChI=1S/C12H18N2O3/c1-2-3-4-5-6-17-11-10(12(15)16)7-9(13)8-14-11/h7-8H,2-6,13H2,1H3,(H,15,16). The lowest BCUT2D eigenvalue weighted by Crippen LogP contribution is -2.07. The summed E-state index contributed by atoms with van der Waals surface area (Å²) in [6.07, 6.45) is 5.69. The van der Waals surface area contributed by atoms with Gasteiger partial charge in [-0.3, -0.25) is 0 Å². The molecule has 94 valence electrons. The molecule has 0 spiro atoms. The van der Waals surface area contributed by atoms with Crippen molar-refractivity contribution in [3.05, 3.63) is 17.8 Å². The van der Waals surface area contributed by atoms with Gasteiger partial charge in [-0.1, -0.05) is 26.2 Å². The van der Waals surface area contributed by atoms with Gasteiger partial charge < -0.3 is 15.6 Å². The van der Waals surface area contributed by atoms with Crippen LogP contribution in [-0.4, -0.2) is 22.7 Å². The number of carboxylic acids is 1. The van der Waals surface area contributed by atoms with Gasteiger partial charge in [0.2, 0.25) is 5.88 Å². The summed E-state index contributed by atoms with van der Waals surface area (Å²) in [5, 5.41) is 8.96. The molecule has 0 radical (unpaired) electrons. The van der Waals surface area contributed by atoms with Crippen LogP contribution >= 0.6 is 0 Å². The van der Waals surface area contributed by atoms with Crippen LogP contribution in [0.3, 0.4) is 0 Å². The molecule has 0 aromatic carbocycles. The fourth-order valence-corrected chi connectivity index (χ4v) is 1.43. The van der Waals surface area contributed by atoms with Crippen molar-refractivity contribution in [3.8, 4) is 5.88 Å². The Labute approximate surface area is 101 Å². The van der Waals surface area contributed by atoms with E-state index in [9.17, 15) is 4.79 Å². The molecule has 5 heteroatoms. The lowest BCUT2D eigenvalue weighted by atomic mass is 10.2. The number of hydrogen-bond acceptors (Lipinski definition) is 4. The maximum absolute atomic E-state index is 10.9. The van der Waals surface area contributed by atoms with Crippen molar-refractivity contribution in [2.45, 2.75) is 32.6 Å². The molecule has 17 heavy (non-hydrogen) atoms. The summed E-state index contributed by atoms with van der Waals surface area (Å²) >= 11 is 0. The number of aromatic nitrogens is 1. The molecule has 1 heterocycles. The molecule has 0 fully saturated rings. The fraction of sp³-hybridized carbons (Fsp3) is 0.500. The minimum atomic E-state index is -1.08. The molecule has 0 saturated carbocycles. The number of nitrogens with zero attached hydrogens (tertiary/aromatic N) is 1. The number of unbranched alkanes of at least 4 members (excludes halogenated alkanes) is 3. The van der Waals surface area contributed by atoms with Gasteiger partial charge in [-0.2, -0.15) is 0 Å². The minimum Gasteiger partial charge on any atom is -0.477 e. The molecule has 5 nitrogen and oxygen atoms in total. The lowest BCUT2D eigenvalue weighted by molar-refractivity contribution is 0.0691. The SMILES string of the molecule is CCCCCCOc1ncc(N)cc1C(=O)O. The fourth-order valence-electron chi connectivity index (χ4n) is 1.43. The molecule has 0 aliphatic carbocycles. The van der Waals surface area contributed by atoms with E-state index in [1.165, 1.54) is 12.3 Å². The van der Waals surface area contributed by atoms with Crippen molar-refractivity contribution in [1.29, 1.82) is 0 Å². The molecule has 0 amide bonds. The van der Waals surface area contributed by atoms with Crippen LogP contribution in [0.25, 0.3) is 0 Å². The Morgan fingerprint density at radius 2 is 2.24 bits per heavy atom. The Morgan fingerprint density at radius 3 is 2.88 bits per heavy atom. The van der Waals surface area contributed by atoms with Gasteiger partial charge in [0.1, 0.15) is 5.56 Å². The molecule has 0 atom stereocenters. The van der Waals surface area contributed by atoms with Crippen molar-refractivity contribution < 1.29 is 14.6 Å². The number of nitrogen functional groups attached to an aromatic ring is 1. The topological polar surface area (TPSA) is 85.4 Å². The summed E-state index contributed by atoms with van der Waals surface area (Å²) < 4.78 is 5.35. The zero-order valence-corrected chi connectivity index (χ0v) is 9.98. The van der Waals surface area contributed by atoms with Crippen molar-refractivity contribution >= 4 is 11.7 Å². The smallest absolute Gasteiger partial charge is 0.341 e. The van der Waals surface area contributed by atoms with E-state index in [4.69, 9.17) is 15.6 Å². The summed E-state index contributed by atoms with van der Waals surface area (Å²) in [6, 6.07) is 1.36. The molecule has 0 aliphatic heterocycles. The molecule has 1 aromatic rings. The van der Waals surface area contributed by atoms with Gasteiger partial charge in [-0.05, 0) is 12.5 Å². The third kappa shape index (κ3) is 4.30. The first kappa shape index (κ1) is 13.3. The normalized spacial score (nSPS) is 10.2. The summed E-state index contributed by atoms with van der Waals surface area (Å²) in [4.78, 5) is 14.8. The number of rotatable bonds is 7. The highest BCUT2D eigenvalue weighted by Gasteiger charge is 2.13. The van der Waals surface area contributed by atoms with Gasteiger partial charge >= 0.3 is 5.97 Å². The molecule has 0 saturated heterocycles. The van der Waals surface area contributed by atoms with E-state index >= 15 is 0 Å². The predicted octanol–water partition coefficient (Wildman–Crippen LogP) is 2.32. The van der Waals surface area contributed by atoms with Gasteiger partial charge in [0.15, 0.2) is 0 Å². The summed E-state index contributed by atoms with van der Waals surface area (Å²) in [5.74, 6) is -0.934. The summed E-state index contributed by atoms with van der Waals surface area (Å²) in [6.45, 7) is 2.61. The van der Waals surface area contributed by atoms with Gasteiger partial charge in [0.05, 0.1) is 18.5 Å². The molecule has 0 unspecified atom stereocenters. The van der Waals surface area contributed by atoms with Gasteiger partial charge in [0.25, 0.3) is 0 Å². The lowest BCUT2D eigenvalue weighted by Gasteiger charge is -2.08. The summed E-state index contributed by atoms with van der Waals surface area (Å²) in [7, 11) is 0. The first-order valence-electron chi connectivity index (χ1n) is 5.76. The zero-order chi connectivity index (χ0) is 12.7. The van der Waals surface area contributed by atoms with Crippen LogP contribution in [-0.2, 0) is 0 Å². The largest absolute Gasteiger partial charge is 0.477 e. The maximum atomic E-state index is 10.9. The first-order chi connectivity index (χ1) is 8.15. The molecular formula is C12H18N2O3. The zero-order valence-electron chi connectivity index (χ0n) is 9.98. The number of pyridine rings is 1. The minimum absolute atomic E-state index is 0.0143. The van der Waals surface area contributed by atoms with Crippen LogP contribution in [0, 0.1) is 0 Å². The number of hydrogen-bond donors (Lipinski definition) is 2. The summed E-state index contributed by atoms with van der Waals surface area (Å²) in [5.41, 5.74) is 5.81. The third-order valence-electron chi connectivity index (χ3n) is 2.34. The van der Waals surface area contributed by atoms with Crippen LogP contribution in [0.1, 0.15) is 43.0 Å². The van der Waals surface area contributed by atoms with E-state index in [2.05, 4.69) is 11.9 Å². The second-order valence-electron chi connectivity index (χ2n) is 3.84. The highest BCUT2D eigenvalue weighted by Crippen LogP contribution is 2.18. The van der Waals surface area contributed by atoms with Crippen molar-refractivity contribution in [3.63, 3.8) is 0 Å². The van der Waals surface area contributed by atoms with Gasteiger partial charge in [-0.25, -0.2) is 9.78 Å². The Bertz CT molecular complexity index is 380. The Kier molecular flexibility index (Phi) is 5.26. The number of aromatic carboxylic acids is 1. The number of carbonyl (C=O) groups is 1. The number of carboxylic acid groups (broad SMARTS) is 1. The van der Waals surface area contributed by atoms with E-state index in [-0.39, 0.29) is 11.4 Å². The predicted molar refractivity (Wildman–Crippen MR) is 65.2 cm³/mol. The maximum Gasteiger partial charge on any atom is 0.341 e. The quantitative estimate of drug-likeness (QED) is 0.712. The van der Waals surface area contributed by atoms with E-state index < -0.39 is 5.97 Å². The van der Waals surface area contributed by atoms with Crippen LogP contribution in [0.5, 0.6) is 5.88 Å². The molecule has 0 aliphatic rings. The van der Waals surface area contributed by atoms with Gasteiger partial charge in [-0.15, -0.1) is 0 Å². The van der Waals surface area contributed by atoms with Crippen LogP contribution in [0.15, 0.2) is 12.3 Å². The highest BCUT2D eigenvalue weighted by atomic mass is 16.5. The highest BCUT2D eigenvalue weighted by molar-refractivity contribution is 5.91. The average Bonchev–Trinajstić information content (AvgIpc) is 2.30. The first-order valence-corrected chi connectivity index (χ1v) is 5.76. The van der Waals surface area contributed by atoms with E-state index in [0.717, 1.165) is 25.7 Å². The second kappa shape index (κ2) is 6.73. The van der Waals surface area contributed by atoms with Crippen molar-refractivity contribution in [1.82, 2.24) is 4.98 Å². The molecule has 0 bridgehead atoms. The van der Waals surface area contributed by atoms with Crippen molar-refractivity contribution in [2.24, 2.45) is 0 Å². The van der Waals surface area contributed by atoms with E-state index in [1.54, 1.807) is 0 Å². The van der Waals surface area contributed by atoms with Crippen molar-refractivity contribution in [2.75, 3.05) is 12.3 Å². The van der Waals surface area contributed by atoms with Crippen LogP contribution < -0.4 is 10.5 Å². The van der Waals surface area contributed by atoms with E-state index in [1.807, 2.05) is 0 Å². The van der Waals surface area contributed by atoms with E-state index in [0.29, 0.717) is 12.3 Å². The molecule has 1 aromatic heterocycles. The van der Waals surface area contributed by atoms with Crippen LogP contribution in [0.2, 0.25) is 0 Å². The number of anilines is 1. The average molecular weight is 238 g/mol. The molecule has 1 rings (SSSR count). The third-order valence-corrected chi connectivity index (χ3v) is 2.34. The second-order valence-corrected chi connectivity index (χ2v) is 3.84. The Balaban J connectivity index is 2.55. The Morgan fingerprint density at radius 1 is 1.47 bits per heavy atom. The molecule has 3 N–H and O–H groups in total. The van der Waals surface area contributed by atoms with Crippen LogP contribution in [0.4, 0.5) is 5.69 Å².